The van der Waals surface area contributed by atoms with Gasteiger partial charge in [0.1, 0.15) is 0 Å². The normalized spacial score (nSPS) is 18.8. The van der Waals surface area contributed by atoms with E-state index in [0.717, 1.165) is 30.6 Å². The van der Waals surface area contributed by atoms with Crippen LogP contribution in [-0.4, -0.2) is 37.1 Å². The molecule has 1 aromatic carbocycles. The molecule has 1 aliphatic rings. The van der Waals surface area contributed by atoms with Crippen LogP contribution in [0.1, 0.15) is 41.3 Å². The van der Waals surface area contributed by atoms with E-state index in [2.05, 4.69) is 10.6 Å². The number of hydrogen-bond donors (Lipinski definition) is 2. The molecule has 5 heteroatoms. The van der Waals surface area contributed by atoms with Crippen LogP contribution in [0.2, 0.25) is 0 Å². The van der Waals surface area contributed by atoms with Gasteiger partial charge in [-0.05, 0) is 45.7 Å². The highest BCUT2D eigenvalue weighted by Gasteiger charge is 2.23. The molecule has 2 amide bonds. The highest BCUT2D eigenvalue weighted by atomic mass is 16.5. The molecule has 2 N–H and O–H groups in total. The summed E-state index contributed by atoms with van der Waals surface area (Å²) in [5.74, 6) is -0.424. The molecule has 1 heterocycles. The average Bonchev–Trinajstić information content (AvgIpc) is 2.98. The van der Waals surface area contributed by atoms with Crippen molar-refractivity contribution in [3.8, 4) is 0 Å². The fourth-order valence-electron chi connectivity index (χ4n) is 2.76. The van der Waals surface area contributed by atoms with Crippen molar-refractivity contribution in [2.75, 3.05) is 13.2 Å². The standard InChI is InChI=1S/C17H24N2O3/c1-11-7-12(2)9-14(8-11)17(21)18-10-16(20)19-13(3)15-5-4-6-22-15/h7-9,13,15H,4-6,10H2,1-3H3,(H,18,21)(H,19,20). The molecule has 1 aromatic rings. The molecule has 0 radical (unpaired) electrons. The van der Waals surface area contributed by atoms with Crippen molar-refractivity contribution >= 4 is 11.8 Å². The Morgan fingerprint density at radius 3 is 2.55 bits per heavy atom. The summed E-state index contributed by atoms with van der Waals surface area (Å²) in [5, 5.41) is 5.53. The van der Waals surface area contributed by atoms with Crippen LogP contribution < -0.4 is 10.6 Å². The van der Waals surface area contributed by atoms with E-state index in [9.17, 15) is 9.59 Å². The van der Waals surface area contributed by atoms with E-state index in [4.69, 9.17) is 4.74 Å². The summed E-state index contributed by atoms with van der Waals surface area (Å²) in [6.07, 6.45) is 2.09. The van der Waals surface area contributed by atoms with Crippen LogP contribution in [0.15, 0.2) is 18.2 Å². The molecule has 5 nitrogen and oxygen atoms in total. The highest BCUT2D eigenvalue weighted by molar-refractivity contribution is 5.96. The van der Waals surface area contributed by atoms with Gasteiger partial charge in [-0.3, -0.25) is 9.59 Å². The van der Waals surface area contributed by atoms with Crippen molar-refractivity contribution < 1.29 is 14.3 Å². The Morgan fingerprint density at radius 2 is 1.95 bits per heavy atom. The van der Waals surface area contributed by atoms with E-state index in [1.165, 1.54) is 0 Å². The first kappa shape index (κ1) is 16.5. The number of rotatable bonds is 5. The molecule has 0 aromatic heterocycles. The molecule has 1 fully saturated rings. The lowest BCUT2D eigenvalue weighted by Gasteiger charge is -2.20. The monoisotopic (exact) mass is 304 g/mol. The molecule has 1 saturated heterocycles. The van der Waals surface area contributed by atoms with E-state index >= 15 is 0 Å². The lowest BCUT2D eigenvalue weighted by atomic mass is 10.1. The van der Waals surface area contributed by atoms with Crippen molar-refractivity contribution in [1.29, 1.82) is 0 Å². The predicted molar refractivity (Wildman–Crippen MR) is 84.8 cm³/mol. The van der Waals surface area contributed by atoms with Crippen molar-refractivity contribution in [3.05, 3.63) is 34.9 Å². The molecular formula is C17H24N2O3. The summed E-state index contributed by atoms with van der Waals surface area (Å²) in [6, 6.07) is 5.60. The number of carbonyl (C=O) groups excluding carboxylic acids is 2. The quantitative estimate of drug-likeness (QED) is 0.870. The fourth-order valence-corrected chi connectivity index (χ4v) is 2.76. The largest absolute Gasteiger partial charge is 0.376 e. The Kier molecular flexibility index (Phi) is 5.55. The first-order valence-electron chi connectivity index (χ1n) is 7.73. The Labute approximate surface area is 131 Å². The number of hydrogen-bond acceptors (Lipinski definition) is 3. The summed E-state index contributed by atoms with van der Waals surface area (Å²) in [5.41, 5.74) is 2.64. The second-order valence-corrected chi connectivity index (χ2v) is 5.97. The van der Waals surface area contributed by atoms with Crippen LogP contribution in [0.3, 0.4) is 0 Å². The molecule has 0 aliphatic carbocycles. The Bertz CT molecular complexity index is 531. The maximum atomic E-state index is 12.1. The van der Waals surface area contributed by atoms with Crippen LogP contribution in [-0.2, 0) is 9.53 Å². The predicted octanol–water partition coefficient (Wildman–Crippen LogP) is 1.72. The van der Waals surface area contributed by atoms with E-state index in [1.807, 2.05) is 39.0 Å². The molecule has 2 rings (SSSR count). The third-order valence-corrected chi connectivity index (χ3v) is 3.80. The maximum absolute atomic E-state index is 12.1. The minimum absolute atomic E-state index is 0.0249. The van der Waals surface area contributed by atoms with Gasteiger partial charge in [-0.2, -0.15) is 0 Å². The summed E-state index contributed by atoms with van der Waals surface area (Å²) in [6.45, 7) is 6.55. The van der Waals surface area contributed by atoms with Crippen molar-refractivity contribution in [1.82, 2.24) is 10.6 Å². The van der Waals surface area contributed by atoms with E-state index in [-0.39, 0.29) is 30.5 Å². The summed E-state index contributed by atoms with van der Waals surface area (Å²) in [4.78, 5) is 24.0. The van der Waals surface area contributed by atoms with Gasteiger partial charge < -0.3 is 15.4 Å². The summed E-state index contributed by atoms with van der Waals surface area (Å²) < 4.78 is 5.53. The molecule has 2 atom stereocenters. The lowest BCUT2D eigenvalue weighted by molar-refractivity contribution is -0.121. The highest BCUT2D eigenvalue weighted by Crippen LogP contribution is 2.15. The topological polar surface area (TPSA) is 67.4 Å². The van der Waals surface area contributed by atoms with Crippen molar-refractivity contribution in [2.45, 2.75) is 45.8 Å². The van der Waals surface area contributed by atoms with Gasteiger partial charge in [0.05, 0.1) is 18.7 Å². The molecule has 1 aliphatic heterocycles. The second-order valence-electron chi connectivity index (χ2n) is 5.97. The Balaban J connectivity index is 1.81. The van der Waals surface area contributed by atoms with Crippen LogP contribution in [0.25, 0.3) is 0 Å². The third-order valence-electron chi connectivity index (χ3n) is 3.80. The van der Waals surface area contributed by atoms with Gasteiger partial charge in [-0.1, -0.05) is 17.2 Å². The smallest absolute Gasteiger partial charge is 0.251 e. The molecule has 2 unspecified atom stereocenters. The number of nitrogens with one attached hydrogen (secondary N) is 2. The van der Waals surface area contributed by atoms with Crippen molar-refractivity contribution in [2.24, 2.45) is 0 Å². The minimum Gasteiger partial charge on any atom is -0.376 e. The van der Waals surface area contributed by atoms with E-state index in [0.29, 0.717) is 5.56 Å². The molecule has 0 saturated carbocycles. The first-order valence-corrected chi connectivity index (χ1v) is 7.73. The maximum Gasteiger partial charge on any atom is 0.251 e. The van der Waals surface area contributed by atoms with Gasteiger partial charge in [0.15, 0.2) is 0 Å². The first-order chi connectivity index (χ1) is 10.5. The Morgan fingerprint density at radius 1 is 1.27 bits per heavy atom. The SMILES string of the molecule is Cc1cc(C)cc(C(=O)NCC(=O)NC(C)C2CCCO2)c1. The van der Waals surface area contributed by atoms with E-state index in [1.54, 1.807) is 0 Å². The van der Waals surface area contributed by atoms with Gasteiger partial charge >= 0.3 is 0 Å². The molecule has 0 spiro atoms. The second kappa shape index (κ2) is 7.40. The Hall–Kier alpha value is -1.88. The zero-order valence-corrected chi connectivity index (χ0v) is 13.4. The zero-order valence-electron chi connectivity index (χ0n) is 13.4. The summed E-state index contributed by atoms with van der Waals surface area (Å²) in [7, 11) is 0. The number of carbonyl (C=O) groups is 2. The fraction of sp³-hybridized carbons (Fsp3) is 0.529. The van der Waals surface area contributed by atoms with Gasteiger partial charge in [0.25, 0.3) is 5.91 Å². The minimum atomic E-state index is -0.230. The number of aryl methyl sites for hydroxylation is 2. The van der Waals surface area contributed by atoms with Gasteiger partial charge in [-0.15, -0.1) is 0 Å². The van der Waals surface area contributed by atoms with E-state index < -0.39 is 0 Å². The molecule has 22 heavy (non-hydrogen) atoms. The van der Waals surface area contributed by atoms with Gasteiger partial charge in [0, 0.05) is 12.2 Å². The zero-order chi connectivity index (χ0) is 16.1. The van der Waals surface area contributed by atoms with Crippen LogP contribution in [0.4, 0.5) is 0 Å². The van der Waals surface area contributed by atoms with Crippen LogP contribution in [0, 0.1) is 13.8 Å². The molecular weight excluding hydrogens is 280 g/mol. The third kappa shape index (κ3) is 4.56. The summed E-state index contributed by atoms with van der Waals surface area (Å²) >= 11 is 0. The molecule has 0 bridgehead atoms. The molecule has 120 valence electrons. The van der Waals surface area contributed by atoms with Crippen LogP contribution in [0.5, 0.6) is 0 Å². The number of amides is 2. The van der Waals surface area contributed by atoms with Crippen molar-refractivity contribution in [3.63, 3.8) is 0 Å². The average molecular weight is 304 g/mol. The lowest BCUT2D eigenvalue weighted by Crippen LogP contribution is -2.45. The number of benzene rings is 1. The van der Waals surface area contributed by atoms with Crippen LogP contribution >= 0.6 is 0 Å². The number of ether oxygens (including phenoxy) is 1. The van der Waals surface area contributed by atoms with Gasteiger partial charge in [-0.25, -0.2) is 0 Å². The van der Waals surface area contributed by atoms with Gasteiger partial charge in [0.2, 0.25) is 5.91 Å².